The summed E-state index contributed by atoms with van der Waals surface area (Å²) >= 11 is 0. The smallest absolute Gasteiger partial charge is 0.192 e. The van der Waals surface area contributed by atoms with E-state index in [4.69, 9.17) is 4.43 Å². The Morgan fingerprint density at radius 3 is 2.00 bits per heavy atom. The molecule has 0 amide bonds. The lowest BCUT2D eigenvalue weighted by Gasteiger charge is -2.35. The second-order valence-corrected chi connectivity index (χ2v) is 11.2. The van der Waals surface area contributed by atoms with Gasteiger partial charge in [-0.2, -0.15) is 0 Å². The van der Waals surface area contributed by atoms with Gasteiger partial charge in [0.2, 0.25) is 0 Å². The van der Waals surface area contributed by atoms with Crippen molar-refractivity contribution in [1.82, 2.24) is 0 Å². The molecule has 2 nitrogen and oxygen atoms in total. The number of rotatable bonds is 5. The van der Waals surface area contributed by atoms with Crippen molar-refractivity contribution in [2.24, 2.45) is 5.41 Å². The molecule has 0 bridgehead atoms. The van der Waals surface area contributed by atoms with E-state index in [9.17, 15) is 4.79 Å². The van der Waals surface area contributed by atoms with Crippen molar-refractivity contribution in [3.05, 3.63) is 12.2 Å². The molecule has 0 aromatic rings. The number of hydrogen-bond donors (Lipinski definition) is 0. The van der Waals surface area contributed by atoms with Gasteiger partial charge in [0.15, 0.2) is 8.32 Å². The minimum atomic E-state index is -1.65. The molecule has 94 valence electrons. The average molecular weight is 242 g/mol. The summed E-state index contributed by atoms with van der Waals surface area (Å²) in [6, 6.07) is 0. The van der Waals surface area contributed by atoms with Gasteiger partial charge < -0.3 is 9.22 Å². The largest absolute Gasteiger partial charge is 0.413 e. The van der Waals surface area contributed by atoms with Gasteiger partial charge in [-0.1, -0.05) is 32.9 Å². The highest BCUT2D eigenvalue weighted by Gasteiger charge is 2.36. The van der Waals surface area contributed by atoms with Crippen molar-refractivity contribution in [3.63, 3.8) is 0 Å². The van der Waals surface area contributed by atoms with Gasteiger partial charge in [0.1, 0.15) is 6.29 Å². The quantitative estimate of drug-likeness (QED) is 0.416. The molecule has 0 radical (unpaired) electrons. The monoisotopic (exact) mass is 242 g/mol. The van der Waals surface area contributed by atoms with Crippen molar-refractivity contribution in [2.45, 2.75) is 52.8 Å². The molecule has 0 aromatic heterocycles. The predicted octanol–water partition coefficient (Wildman–Crippen LogP) is 3.79. The SMILES string of the molecule is CC(C)(C=O)/C=C/CO[Si](C)(C)C(C)(C)C. The van der Waals surface area contributed by atoms with Crippen LogP contribution in [0.2, 0.25) is 18.1 Å². The normalized spacial score (nSPS) is 14.4. The Morgan fingerprint density at radius 1 is 1.12 bits per heavy atom. The van der Waals surface area contributed by atoms with Gasteiger partial charge >= 0.3 is 0 Å². The first-order valence-electron chi connectivity index (χ1n) is 5.80. The van der Waals surface area contributed by atoms with Crippen LogP contribution in [0.25, 0.3) is 0 Å². The van der Waals surface area contributed by atoms with Crippen LogP contribution in [-0.2, 0) is 9.22 Å². The first-order chi connectivity index (χ1) is 7.02. The molecule has 0 fully saturated rings. The van der Waals surface area contributed by atoms with Gasteiger partial charge in [0, 0.05) is 5.41 Å². The van der Waals surface area contributed by atoms with Gasteiger partial charge in [0.25, 0.3) is 0 Å². The van der Waals surface area contributed by atoms with Crippen LogP contribution in [0.3, 0.4) is 0 Å². The molecule has 0 aliphatic carbocycles. The Morgan fingerprint density at radius 2 is 1.62 bits per heavy atom. The third kappa shape index (κ3) is 5.08. The van der Waals surface area contributed by atoms with Gasteiger partial charge in [-0.05, 0) is 32.0 Å². The molecule has 0 rings (SSSR count). The van der Waals surface area contributed by atoms with Crippen molar-refractivity contribution in [1.29, 1.82) is 0 Å². The maximum absolute atomic E-state index is 10.7. The van der Waals surface area contributed by atoms with E-state index in [1.807, 2.05) is 26.0 Å². The molecular weight excluding hydrogens is 216 g/mol. The van der Waals surface area contributed by atoms with Crippen molar-refractivity contribution < 1.29 is 9.22 Å². The van der Waals surface area contributed by atoms with E-state index in [2.05, 4.69) is 33.9 Å². The van der Waals surface area contributed by atoms with Gasteiger partial charge in [-0.25, -0.2) is 0 Å². The summed E-state index contributed by atoms with van der Waals surface area (Å²) in [5.74, 6) is 0. The van der Waals surface area contributed by atoms with E-state index in [1.54, 1.807) is 0 Å². The molecule has 0 saturated carbocycles. The lowest BCUT2D eigenvalue weighted by Crippen LogP contribution is -2.40. The number of aldehydes is 1. The first kappa shape index (κ1) is 15.6. The summed E-state index contributed by atoms with van der Waals surface area (Å²) in [6.45, 7) is 15.5. The van der Waals surface area contributed by atoms with Crippen LogP contribution in [0.4, 0.5) is 0 Å². The van der Waals surface area contributed by atoms with Crippen LogP contribution in [0, 0.1) is 5.41 Å². The Kier molecular flexibility index (Phi) is 5.14. The summed E-state index contributed by atoms with van der Waals surface area (Å²) < 4.78 is 5.97. The van der Waals surface area contributed by atoms with E-state index in [1.165, 1.54) is 0 Å². The fraction of sp³-hybridized carbons (Fsp3) is 0.769. The van der Waals surface area contributed by atoms with Crippen molar-refractivity contribution in [3.8, 4) is 0 Å². The van der Waals surface area contributed by atoms with Crippen LogP contribution in [0.1, 0.15) is 34.6 Å². The topological polar surface area (TPSA) is 26.3 Å². The Balaban J connectivity index is 4.24. The molecule has 16 heavy (non-hydrogen) atoms. The van der Waals surface area contributed by atoms with E-state index in [-0.39, 0.29) is 10.5 Å². The van der Waals surface area contributed by atoms with E-state index < -0.39 is 8.32 Å². The zero-order valence-corrected chi connectivity index (χ0v) is 12.8. The van der Waals surface area contributed by atoms with Gasteiger partial charge in [-0.15, -0.1) is 0 Å². The number of carbonyl (C=O) groups is 1. The molecule has 0 heterocycles. The summed E-state index contributed by atoms with van der Waals surface area (Å²) in [4.78, 5) is 10.7. The lowest BCUT2D eigenvalue weighted by atomic mass is 9.96. The molecule has 3 heteroatoms. The maximum Gasteiger partial charge on any atom is 0.192 e. The number of carbonyl (C=O) groups excluding carboxylic acids is 1. The molecule has 0 unspecified atom stereocenters. The average Bonchev–Trinajstić information content (AvgIpc) is 2.11. The number of allylic oxidation sites excluding steroid dienone is 1. The molecule has 0 atom stereocenters. The van der Waals surface area contributed by atoms with Crippen LogP contribution in [0.5, 0.6) is 0 Å². The molecule has 0 aliphatic heterocycles. The van der Waals surface area contributed by atoms with E-state index >= 15 is 0 Å². The molecular formula is C13H26O2Si. The summed E-state index contributed by atoms with van der Waals surface area (Å²) in [6.07, 6.45) is 4.82. The van der Waals surface area contributed by atoms with Gasteiger partial charge in [0.05, 0.1) is 6.61 Å². The Labute approximate surface area is 101 Å². The zero-order valence-electron chi connectivity index (χ0n) is 11.8. The van der Waals surface area contributed by atoms with Crippen LogP contribution in [0.15, 0.2) is 12.2 Å². The third-order valence-electron chi connectivity index (χ3n) is 3.20. The Bertz CT molecular complexity index is 260. The van der Waals surface area contributed by atoms with Crippen molar-refractivity contribution >= 4 is 14.6 Å². The van der Waals surface area contributed by atoms with E-state index in [0.717, 1.165) is 6.29 Å². The molecule has 0 spiro atoms. The molecule has 0 N–H and O–H groups in total. The van der Waals surface area contributed by atoms with Crippen LogP contribution >= 0.6 is 0 Å². The summed E-state index contributed by atoms with van der Waals surface area (Å²) in [5.41, 5.74) is -0.378. The highest BCUT2D eigenvalue weighted by Crippen LogP contribution is 2.36. The second-order valence-electron chi connectivity index (χ2n) is 6.41. The highest BCUT2D eigenvalue weighted by atomic mass is 28.4. The van der Waals surface area contributed by atoms with Gasteiger partial charge in [-0.3, -0.25) is 0 Å². The second kappa shape index (κ2) is 5.28. The fourth-order valence-electron chi connectivity index (χ4n) is 0.864. The molecule has 0 saturated heterocycles. The Hall–Kier alpha value is -0.413. The van der Waals surface area contributed by atoms with Crippen LogP contribution in [-0.4, -0.2) is 21.2 Å². The maximum atomic E-state index is 10.7. The summed E-state index contributed by atoms with van der Waals surface area (Å²) in [5, 5.41) is 0.237. The predicted molar refractivity (Wildman–Crippen MR) is 72.1 cm³/mol. The third-order valence-corrected chi connectivity index (χ3v) is 7.70. The first-order valence-corrected chi connectivity index (χ1v) is 8.71. The highest BCUT2D eigenvalue weighted by molar-refractivity contribution is 6.74. The van der Waals surface area contributed by atoms with Crippen LogP contribution < -0.4 is 0 Å². The summed E-state index contributed by atoms with van der Waals surface area (Å²) in [7, 11) is -1.65. The van der Waals surface area contributed by atoms with Crippen molar-refractivity contribution in [2.75, 3.05) is 6.61 Å². The minimum absolute atomic E-state index is 0.237. The zero-order chi connectivity index (χ0) is 13.0. The lowest BCUT2D eigenvalue weighted by molar-refractivity contribution is -0.112. The fourth-order valence-corrected chi connectivity index (χ4v) is 1.81. The van der Waals surface area contributed by atoms with E-state index in [0.29, 0.717) is 6.61 Å². The standard InChI is InChI=1S/C13H26O2Si/c1-12(2,3)16(6,7)15-10-8-9-13(4,5)11-14/h8-9,11H,10H2,1-7H3/b9-8+. The molecule has 0 aliphatic rings. The number of hydrogen-bond acceptors (Lipinski definition) is 2. The minimum Gasteiger partial charge on any atom is -0.413 e. The molecule has 0 aromatic carbocycles.